The summed E-state index contributed by atoms with van der Waals surface area (Å²) in [6.07, 6.45) is 2.65. The van der Waals surface area contributed by atoms with Crippen LogP contribution in [-0.4, -0.2) is 16.0 Å². The molecule has 2 rings (SSSR count). The molecule has 1 fully saturated rings. The van der Waals surface area contributed by atoms with E-state index in [4.69, 9.17) is 28.4 Å². The fraction of sp³-hybridized carbons (Fsp3) is 0.462. The Morgan fingerprint density at radius 1 is 1.22 bits per heavy atom. The number of hydrogen-bond acceptors (Lipinski definition) is 3. The van der Waals surface area contributed by atoms with Crippen molar-refractivity contribution in [2.45, 2.75) is 31.8 Å². The molecule has 0 saturated heterocycles. The van der Waals surface area contributed by atoms with E-state index in [0.717, 1.165) is 19.3 Å². The van der Waals surface area contributed by atoms with Gasteiger partial charge >= 0.3 is 0 Å². The molecule has 0 aliphatic heterocycles. The van der Waals surface area contributed by atoms with Crippen LogP contribution in [0.5, 0.6) is 0 Å². The van der Waals surface area contributed by atoms with Crippen molar-refractivity contribution >= 4 is 28.9 Å². The predicted molar refractivity (Wildman–Crippen MR) is 72.6 cm³/mol. The fourth-order valence-electron chi connectivity index (χ4n) is 2.48. The molecule has 1 aliphatic carbocycles. The van der Waals surface area contributed by atoms with Gasteiger partial charge in [-0.3, -0.25) is 0 Å². The van der Waals surface area contributed by atoms with Crippen LogP contribution in [0.2, 0.25) is 10.0 Å². The van der Waals surface area contributed by atoms with Crippen LogP contribution in [0.3, 0.4) is 0 Å². The molecule has 18 heavy (non-hydrogen) atoms. The monoisotopic (exact) mass is 287 g/mol. The Morgan fingerprint density at radius 2 is 1.89 bits per heavy atom. The molecule has 0 radical (unpaired) electrons. The van der Waals surface area contributed by atoms with Gasteiger partial charge in [0.15, 0.2) is 0 Å². The maximum Gasteiger partial charge on any atom is 0.0900 e. The lowest BCUT2D eigenvalue weighted by Crippen LogP contribution is -2.26. The van der Waals surface area contributed by atoms with E-state index in [2.05, 4.69) is 5.16 Å². The first kappa shape index (κ1) is 13.7. The van der Waals surface area contributed by atoms with Gasteiger partial charge in [-0.2, -0.15) is 0 Å². The van der Waals surface area contributed by atoms with Crippen molar-refractivity contribution in [3.8, 4) is 0 Å². The maximum atomic E-state index is 10.4. The molecule has 1 aliphatic rings. The lowest BCUT2D eigenvalue weighted by atomic mass is 9.81. The summed E-state index contributed by atoms with van der Waals surface area (Å²) in [7, 11) is 0. The quantitative estimate of drug-likeness (QED) is 0.637. The number of oxime groups is 1. The van der Waals surface area contributed by atoms with E-state index in [0.29, 0.717) is 27.7 Å². The molecule has 0 heterocycles. The third kappa shape index (κ3) is 2.63. The van der Waals surface area contributed by atoms with Gasteiger partial charge in [-0.15, -0.1) is 0 Å². The summed E-state index contributed by atoms with van der Waals surface area (Å²) >= 11 is 12.2. The number of hydrogen-bond donors (Lipinski definition) is 2. The second kappa shape index (κ2) is 5.91. The minimum absolute atomic E-state index is 0.207. The maximum absolute atomic E-state index is 10.4. The number of benzene rings is 1. The average Bonchev–Trinajstić information content (AvgIpc) is 2.38. The molecular weight excluding hydrogens is 273 g/mol. The van der Waals surface area contributed by atoms with Gasteiger partial charge in [0.2, 0.25) is 0 Å². The molecule has 0 bridgehead atoms. The SMILES string of the molecule is O/N=C1/CCCC[C@H]1[C@H](O)c1c(Cl)cccc1Cl. The van der Waals surface area contributed by atoms with E-state index >= 15 is 0 Å². The molecule has 2 atom stereocenters. The second-order valence-corrected chi connectivity index (χ2v) is 5.34. The van der Waals surface area contributed by atoms with Gasteiger partial charge in [-0.1, -0.05) is 40.8 Å². The molecule has 1 aromatic carbocycles. The van der Waals surface area contributed by atoms with E-state index in [1.54, 1.807) is 18.2 Å². The van der Waals surface area contributed by atoms with Crippen molar-refractivity contribution < 1.29 is 10.3 Å². The summed E-state index contributed by atoms with van der Waals surface area (Å²) in [6.45, 7) is 0. The van der Waals surface area contributed by atoms with Crippen molar-refractivity contribution in [3.05, 3.63) is 33.8 Å². The molecule has 0 aromatic heterocycles. The molecular formula is C13H15Cl2NO2. The first-order valence-electron chi connectivity index (χ1n) is 5.98. The number of halogens is 2. The molecule has 2 N–H and O–H groups in total. The Labute approximate surface area is 116 Å². The number of aliphatic hydroxyl groups is 1. The highest BCUT2D eigenvalue weighted by Gasteiger charge is 2.31. The van der Waals surface area contributed by atoms with Crippen molar-refractivity contribution in [2.24, 2.45) is 11.1 Å². The molecule has 1 saturated carbocycles. The number of aliphatic hydroxyl groups excluding tert-OH is 1. The van der Waals surface area contributed by atoms with Gasteiger partial charge in [0.25, 0.3) is 0 Å². The molecule has 0 amide bonds. The van der Waals surface area contributed by atoms with Crippen LogP contribution < -0.4 is 0 Å². The minimum atomic E-state index is -0.822. The highest BCUT2D eigenvalue weighted by molar-refractivity contribution is 6.36. The van der Waals surface area contributed by atoms with Crippen molar-refractivity contribution in [2.75, 3.05) is 0 Å². The van der Waals surface area contributed by atoms with Crippen LogP contribution >= 0.6 is 23.2 Å². The fourth-order valence-corrected chi connectivity index (χ4v) is 3.10. The van der Waals surface area contributed by atoms with Crippen LogP contribution in [0.1, 0.15) is 37.4 Å². The van der Waals surface area contributed by atoms with E-state index in [1.807, 2.05) is 0 Å². The number of rotatable bonds is 2. The summed E-state index contributed by atoms with van der Waals surface area (Å²) < 4.78 is 0. The third-order valence-electron chi connectivity index (χ3n) is 3.43. The Balaban J connectivity index is 2.32. The van der Waals surface area contributed by atoms with Gasteiger partial charge in [-0.25, -0.2) is 0 Å². The van der Waals surface area contributed by atoms with Gasteiger partial charge in [-0.05, 0) is 31.4 Å². The first-order valence-corrected chi connectivity index (χ1v) is 6.73. The van der Waals surface area contributed by atoms with E-state index < -0.39 is 6.10 Å². The van der Waals surface area contributed by atoms with Crippen LogP contribution in [0.4, 0.5) is 0 Å². The third-order valence-corrected chi connectivity index (χ3v) is 4.09. The first-order chi connectivity index (χ1) is 8.65. The molecule has 3 nitrogen and oxygen atoms in total. The van der Waals surface area contributed by atoms with E-state index in [1.165, 1.54) is 0 Å². The molecule has 0 spiro atoms. The minimum Gasteiger partial charge on any atom is -0.411 e. The molecule has 0 unspecified atom stereocenters. The Morgan fingerprint density at radius 3 is 2.50 bits per heavy atom. The van der Waals surface area contributed by atoms with Crippen LogP contribution in [-0.2, 0) is 0 Å². The smallest absolute Gasteiger partial charge is 0.0900 e. The highest BCUT2D eigenvalue weighted by atomic mass is 35.5. The molecule has 5 heteroatoms. The van der Waals surface area contributed by atoms with Gasteiger partial charge in [0, 0.05) is 21.5 Å². The Hall–Kier alpha value is -0.770. The number of nitrogens with zero attached hydrogens (tertiary/aromatic N) is 1. The summed E-state index contributed by atoms with van der Waals surface area (Å²) in [6, 6.07) is 5.14. The van der Waals surface area contributed by atoms with E-state index in [9.17, 15) is 5.11 Å². The second-order valence-electron chi connectivity index (χ2n) is 4.52. The normalized spacial score (nSPS) is 24.2. The van der Waals surface area contributed by atoms with Gasteiger partial charge in [0.1, 0.15) is 0 Å². The zero-order chi connectivity index (χ0) is 13.1. The largest absolute Gasteiger partial charge is 0.411 e. The molecule has 1 aromatic rings. The summed E-state index contributed by atoms with van der Waals surface area (Å²) in [5.41, 5.74) is 1.15. The van der Waals surface area contributed by atoms with Crippen molar-refractivity contribution in [1.29, 1.82) is 0 Å². The summed E-state index contributed by atoms with van der Waals surface area (Å²) in [4.78, 5) is 0. The lowest BCUT2D eigenvalue weighted by molar-refractivity contribution is 0.127. The Kier molecular flexibility index (Phi) is 4.49. The van der Waals surface area contributed by atoms with Crippen molar-refractivity contribution in [3.63, 3.8) is 0 Å². The van der Waals surface area contributed by atoms with Gasteiger partial charge < -0.3 is 10.3 Å². The predicted octanol–water partition coefficient (Wildman–Crippen LogP) is 4.05. The highest BCUT2D eigenvalue weighted by Crippen LogP contribution is 2.38. The lowest BCUT2D eigenvalue weighted by Gasteiger charge is -2.28. The van der Waals surface area contributed by atoms with Gasteiger partial charge in [0.05, 0.1) is 11.8 Å². The molecule has 98 valence electrons. The van der Waals surface area contributed by atoms with E-state index in [-0.39, 0.29) is 5.92 Å². The zero-order valence-electron chi connectivity index (χ0n) is 9.81. The van der Waals surface area contributed by atoms with Crippen LogP contribution in [0, 0.1) is 5.92 Å². The average molecular weight is 288 g/mol. The van der Waals surface area contributed by atoms with Crippen LogP contribution in [0.15, 0.2) is 23.4 Å². The topological polar surface area (TPSA) is 52.8 Å². The summed E-state index contributed by atoms with van der Waals surface area (Å²) in [5, 5.41) is 23.6. The Bertz CT molecular complexity index is 442. The zero-order valence-corrected chi connectivity index (χ0v) is 11.3. The summed E-state index contributed by atoms with van der Waals surface area (Å²) in [5.74, 6) is -0.207. The standard InChI is InChI=1S/C13H15Cl2NO2/c14-9-5-3-6-10(15)12(9)13(17)8-4-1-2-7-11(8)16-18/h3,5-6,8,13,17-18H,1-2,4,7H2/b16-11-/t8-,13+/m1/s1. The van der Waals surface area contributed by atoms with Crippen molar-refractivity contribution in [1.82, 2.24) is 0 Å². The van der Waals surface area contributed by atoms with Crippen LogP contribution in [0.25, 0.3) is 0 Å².